The standard InChI is InChI=1S/C11H14ClN3OS/c12-8-9-10(13-11-15(9)4-7-17-11)14-2-1-5-16-6-3-14/h4,7H,1-3,5-6,8H2. The number of fused-ring (bicyclic) bond motifs is 1. The van der Waals surface area contributed by atoms with Crippen LogP contribution in [0, 0.1) is 0 Å². The average Bonchev–Trinajstić information content (AvgIpc) is 2.80. The highest BCUT2D eigenvalue weighted by molar-refractivity contribution is 7.15. The molecule has 0 aromatic carbocycles. The summed E-state index contributed by atoms with van der Waals surface area (Å²) in [5.41, 5.74) is 1.09. The van der Waals surface area contributed by atoms with Gasteiger partial charge in [-0.25, -0.2) is 4.98 Å². The van der Waals surface area contributed by atoms with Crippen molar-refractivity contribution >= 4 is 33.7 Å². The van der Waals surface area contributed by atoms with Crippen molar-refractivity contribution < 1.29 is 4.74 Å². The molecule has 1 fully saturated rings. The van der Waals surface area contributed by atoms with Crippen molar-refractivity contribution in [3.63, 3.8) is 0 Å². The Balaban J connectivity index is 1.99. The molecule has 2 aromatic rings. The van der Waals surface area contributed by atoms with E-state index in [0.29, 0.717) is 5.88 Å². The van der Waals surface area contributed by atoms with Crippen molar-refractivity contribution in [2.24, 2.45) is 0 Å². The first-order valence-corrected chi connectivity index (χ1v) is 7.14. The zero-order chi connectivity index (χ0) is 11.7. The second-order valence-corrected chi connectivity index (χ2v) is 5.16. The molecule has 0 atom stereocenters. The van der Waals surface area contributed by atoms with E-state index in [0.717, 1.165) is 49.2 Å². The van der Waals surface area contributed by atoms with Gasteiger partial charge in [0, 0.05) is 31.3 Å². The molecule has 92 valence electrons. The van der Waals surface area contributed by atoms with Gasteiger partial charge >= 0.3 is 0 Å². The summed E-state index contributed by atoms with van der Waals surface area (Å²) < 4.78 is 7.55. The van der Waals surface area contributed by atoms with Crippen molar-refractivity contribution in [3.05, 3.63) is 17.3 Å². The highest BCUT2D eigenvalue weighted by Gasteiger charge is 2.19. The Morgan fingerprint density at radius 3 is 3.24 bits per heavy atom. The Kier molecular flexibility index (Phi) is 3.22. The van der Waals surface area contributed by atoms with Crippen LogP contribution in [0.1, 0.15) is 12.1 Å². The molecule has 0 aliphatic carbocycles. The predicted molar refractivity (Wildman–Crippen MR) is 70.3 cm³/mol. The third-order valence-electron chi connectivity index (χ3n) is 2.99. The highest BCUT2D eigenvalue weighted by atomic mass is 35.5. The fourth-order valence-corrected chi connectivity index (χ4v) is 3.13. The van der Waals surface area contributed by atoms with E-state index in [9.17, 15) is 0 Å². The van der Waals surface area contributed by atoms with Crippen molar-refractivity contribution in [3.8, 4) is 0 Å². The predicted octanol–water partition coefficient (Wildman–Crippen LogP) is 2.36. The van der Waals surface area contributed by atoms with Crippen molar-refractivity contribution in [1.29, 1.82) is 0 Å². The monoisotopic (exact) mass is 271 g/mol. The molecule has 1 aliphatic heterocycles. The van der Waals surface area contributed by atoms with Gasteiger partial charge in [-0.2, -0.15) is 0 Å². The summed E-state index contributed by atoms with van der Waals surface area (Å²) in [6, 6.07) is 0. The van der Waals surface area contributed by atoms with Crippen LogP contribution in [0.25, 0.3) is 4.96 Å². The van der Waals surface area contributed by atoms with Gasteiger partial charge in [-0.1, -0.05) is 0 Å². The molecule has 6 heteroatoms. The molecular weight excluding hydrogens is 258 g/mol. The molecule has 0 bridgehead atoms. The number of imidazole rings is 1. The number of rotatable bonds is 2. The highest BCUT2D eigenvalue weighted by Crippen LogP contribution is 2.26. The summed E-state index contributed by atoms with van der Waals surface area (Å²) in [4.78, 5) is 7.97. The van der Waals surface area contributed by atoms with Crippen molar-refractivity contribution in [1.82, 2.24) is 9.38 Å². The molecule has 4 nitrogen and oxygen atoms in total. The minimum atomic E-state index is 0.491. The maximum absolute atomic E-state index is 6.06. The van der Waals surface area contributed by atoms with E-state index >= 15 is 0 Å². The summed E-state index contributed by atoms with van der Waals surface area (Å²) in [5.74, 6) is 1.52. The summed E-state index contributed by atoms with van der Waals surface area (Å²) in [6.45, 7) is 3.51. The summed E-state index contributed by atoms with van der Waals surface area (Å²) >= 11 is 7.70. The minimum Gasteiger partial charge on any atom is -0.380 e. The van der Waals surface area contributed by atoms with Gasteiger partial charge in [-0.05, 0) is 6.42 Å². The maximum atomic E-state index is 6.06. The second-order valence-electron chi connectivity index (χ2n) is 4.02. The van der Waals surface area contributed by atoms with Crippen LogP contribution in [0.5, 0.6) is 0 Å². The summed E-state index contributed by atoms with van der Waals surface area (Å²) in [5, 5.41) is 2.04. The molecule has 0 amide bonds. The van der Waals surface area contributed by atoms with E-state index in [1.165, 1.54) is 0 Å². The van der Waals surface area contributed by atoms with Gasteiger partial charge in [0.1, 0.15) is 0 Å². The fourth-order valence-electron chi connectivity index (χ4n) is 2.16. The molecule has 3 heterocycles. The smallest absolute Gasteiger partial charge is 0.195 e. The van der Waals surface area contributed by atoms with Crippen LogP contribution in [-0.2, 0) is 10.6 Å². The number of halogens is 1. The van der Waals surface area contributed by atoms with E-state index in [1.807, 2.05) is 11.6 Å². The van der Waals surface area contributed by atoms with Gasteiger partial charge in [-0.3, -0.25) is 4.40 Å². The Labute approximate surface area is 109 Å². The van der Waals surface area contributed by atoms with Crippen LogP contribution in [-0.4, -0.2) is 35.7 Å². The number of ether oxygens (including phenoxy) is 1. The molecule has 17 heavy (non-hydrogen) atoms. The number of nitrogens with zero attached hydrogens (tertiary/aromatic N) is 3. The topological polar surface area (TPSA) is 29.8 Å². The number of hydrogen-bond acceptors (Lipinski definition) is 4. The molecule has 0 unspecified atom stereocenters. The quantitative estimate of drug-likeness (QED) is 0.786. The lowest BCUT2D eigenvalue weighted by Gasteiger charge is -2.20. The first kappa shape index (κ1) is 11.3. The normalized spacial score (nSPS) is 17.6. The van der Waals surface area contributed by atoms with E-state index in [4.69, 9.17) is 16.3 Å². The van der Waals surface area contributed by atoms with Crippen LogP contribution < -0.4 is 4.90 Å². The Hall–Kier alpha value is -0.780. The summed E-state index contributed by atoms with van der Waals surface area (Å²) in [6.07, 6.45) is 3.08. The SMILES string of the molecule is ClCc1c(N2CCCOCC2)nc2sccn12. The molecule has 3 rings (SSSR count). The number of hydrogen-bond donors (Lipinski definition) is 0. The summed E-state index contributed by atoms with van der Waals surface area (Å²) in [7, 11) is 0. The van der Waals surface area contributed by atoms with Crippen LogP contribution in [0.4, 0.5) is 5.82 Å². The molecule has 2 aromatic heterocycles. The average molecular weight is 272 g/mol. The maximum Gasteiger partial charge on any atom is 0.195 e. The first-order chi connectivity index (χ1) is 8.40. The number of alkyl halides is 1. The van der Waals surface area contributed by atoms with Gasteiger partial charge in [0.15, 0.2) is 10.8 Å². The van der Waals surface area contributed by atoms with E-state index in [2.05, 4.69) is 14.3 Å². The van der Waals surface area contributed by atoms with E-state index in [1.54, 1.807) is 11.3 Å². The van der Waals surface area contributed by atoms with Crippen LogP contribution in [0.15, 0.2) is 11.6 Å². The third kappa shape index (κ3) is 2.03. The molecule has 0 saturated carbocycles. The lowest BCUT2D eigenvalue weighted by atomic mass is 10.3. The van der Waals surface area contributed by atoms with Crippen LogP contribution in [0.2, 0.25) is 0 Å². The Morgan fingerprint density at radius 1 is 1.41 bits per heavy atom. The second kappa shape index (κ2) is 4.84. The van der Waals surface area contributed by atoms with Gasteiger partial charge in [0.2, 0.25) is 0 Å². The van der Waals surface area contributed by atoms with Gasteiger partial charge in [0.05, 0.1) is 18.2 Å². The Morgan fingerprint density at radius 2 is 2.35 bits per heavy atom. The van der Waals surface area contributed by atoms with Gasteiger partial charge in [-0.15, -0.1) is 22.9 Å². The number of thiazole rings is 1. The molecule has 0 radical (unpaired) electrons. The van der Waals surface area contributed by atoms with Crippen LogP contribution in [0.3, 0.4) is 0 Å². The molecule has 1 aliphatic rings. The zero-order valence-electron chi connectivity index (χ0n) is 9.43. The lowest BCUT2D eigenvalue weighted by Crippen LogP contribution is -2.27. The number of aromatic nitrogens is 2. The lowest BCUT2D eigenvalue weighted by molar-refractivity contribution is 0.152. The minimum absolute atomic E-state index is 0.491. The third-order valence-corrected chi connectivity index (χ3v) is 4.00. The molecule has 0 spiro atoms. The first-order valence-electron chi connectivity index (χ1n) is 5.73. The van der Waals surface area contributed by atoms with Crippen LogP contribution >= 0.6 is 22.9 Å². The number of anilines is 1. The van der Waals surface area contributed by atoms with E-state index in [-0.39, 0.29) is 0 Å². The van der Waals surface area contributed by atoms with E-state index < -0.39 is 0 Å². The fraction of sp³-hybridized carbons (Fsp3) is 0.545. The molecular formula is C11H14ClN3OS. The van der Waals surface area contributed by atoms with Crippen molar-refractivity contribution in [2.75, 3.05) is 31.2 Å². The zero-order valence-corrected chi connectivity index (χ0v) is 11.0. The largest absolute Gasteiger partial charge is 0.380 e. The molecule has 1 saturated heterocycles. The Bertz CT molecular complexity index is 502. The van der Waals surface area contributed by atoms with Crippen molar-refractivity contribution in [2.45, 2.75) is 12.3 Å². The van der Waals surface area contributed by atoms with Gasteiger partial charge in [0.25, 0.3) is 0 Å². The van der Waals surface area contributed by atoms with Gasteiger partial charge < -0.3 is 9.64 Å². The molecule has 0 N–H and O–H groups in total.